The van der Waals surface area contributed by atoms with Crippen molar-refractivity contribution in [1.29, 1.82) is 0 Å². The van der Waals surface area contributed by atoms with Crippen molar-refractivity contribution in [3.8, 4) is 11.1 Å². The molecule has 0 heterocycles. The third-order valence-electron chi connectivity index (χ3n) is 12.9. The minimum Gasteiger partial charge on any atom is -0.359 e. The van der Waals surface area contributed by atoms with Crippen LogP contribution in [0.4, 0.5) is 5.69 Å². The van der Waals surface area contributed by atoms with Gasteiger partial charge >= 0.3 is 0 Å². The standard InChI is InChI=1S/C53H59N/c1-9-17-36-52(16-8,51(14-6,15-7)41-22-19-18-20-23-41)44-32-34-47-48-35-33-46(54-45(13-5)21-10-2)38-50(48)53(49(47)37-44,42-28-24-39(11-3)25-29-42)43-30-26-40(12-4)27-31-43/h10-12,18-35,37-38,54H,2-4,9,13-17,36H2,1,5-8H3. The monoisotopic (exact) mass is 709 g/mol. The maximum absolute atomic E-state index is 4.09. The Morgan fingerprint density at radius 2 is 1.17 bits per heavy atom. The molecule has 1 aliphatic carbocycles. The number of nitrogens with one attached hydrogen (secondary N) is 1. The Bertz CT molecular complexity index is 2060. The van der Waals surface area contributed by atoms with Gasteiger partial charge in [0.15, 0.2) is 0 Å². The average Bonchev–Trinajstić information content (AvgIpc) is 3.52. The van der Waals surface area contributed by atoms with Crippen LogP contribution in [-0.4, -0.2) is 0 Å². The van der Waals surface area contributed by atoms with E-state index >= 15 is 0 Å². The zero-order chi connectivity index (χ0) is 38.3. The van der Waals surface area contributed by atoms with Gasteiger partial charge in [0.1, 0.15) is 0 Å². The molecule has 5 aromatic rings. The molecule has 1 heteroatoms. The molecule has 5 aromatic carbocycles. The molecular weight excluding hydrogens is 651 g/mol. The molecule has 1 N–H and O–H groups in total. The van der Waals surface area contributed by atoms with Gasteiger partial charge in [-0.1, -0.05) is 189 Å². The minimum atomic E-state index is -0.565. The second-order valence-electron chi connectivity index (χ2n) is 15.0. The molecule has 54 heavy (non-hydrogen) atoms. The van der Waals surface area contributed by atoms with Crippen LogP contribution in [0.25, 0.3) is 23.3 Å². The SMILES string of the molecule is C=CC=C(CC)Nc1ccc2c(c1)C(c1ccc(C=C)cc1)(c1ccc(C=C)cc1)c1cc(C(CC)(CCCC)C(CC)(CC)c3ccccc3)ccc1-2. The van der Waals surface area contributed by atoms with Crippen LogP contribution in [-0.2, 0) is 16.2 Å². The van der Waals surface area contributed by atoms with Crippen LogP contribution in [0.2, 0.25) is 0 Å². The van der Waals surface area contributed by atoms with E-state index < -0.39 is 5.41 Å². The molecule has 1 atom stereocenters. The lowest BCUT2D eigenvalue weighted by Crippen LogP contribution is -2.48. The first-order valence-electron chi connectivity index (χ1n) is 20.3. The van der Waals surface area contributed by atoms with Crippen LogP contribution in [0, 0.1) is 0 Å². The molecular formula is C53H59N. The number of benzene rings is 5. The fourth-order valence-electron chi connectivity index (χ4n) is 10.0. The van der Waals surface area contributed by atoms with Crippen LogP contribution < -0.4 is 5.32 Å². The van der Waals surface area contributed by atoms with Crippen molar-refractivity contribution in [2.45, 2.75) is 95.8 Å². The number of fused-ring (bicyclic) bond motifs is 3. The van der Waals surface area contributed by atoms with Crippen molar-refractivity contribution in [2.75, 3.05) is 5.32 Å². The summed E-state index contributed by atoms with van der Waals surface area (Å²) in [5, 5.41) is 3.75. The summed E-state index contributed by atoms with van der Waals surface area (Å²) in [5.74, 6) is 0. The summed E-state index contributed by atoms with van der Waals surface area (Å²) in [6, 6.07) is 44.2. The van der Waals surface area contributed by atoms with Crippen LogP contribution in [0.1, 0.15) is 124 Å². The predicted molar refractivity (Wildman–Crippen MR) is 236 cm³/mol. The van der Waals surface area contributed by atoms with Gasteiger partial charge in [0.25, 0.3) is 0 Å². The lowest BCUT2D eigenvalue weighted by Gasteiger charge is -2.52. The maximum atomic E-state index is 4.09. The molecule has 0 radical (unpaired) electrons. The molecule has 0 amide bonds. The second kappa shape index (κ2) is 16.5. The molecule has 6 rings (SSSR count). The molecule has 0 aromatic heterocycles. The Kier molecular flexibility index (Phi) is 11.8. The lowest BCUT2D eigenvalue weighted by atomic mass is 9.51. The highest BCUT2D eigenvalue weighted by atomic mass is 14.9. The summed E-state index contributed by atoms with van der Waals surface area (Å²) < 4.78 is 0. The highest BCUT2D eigenvalue weighted by Crippen LogP contribution is 2.60. The molecule has 0 spiro atoms. The minimum absolute atomic E-state index is 0.0249. The van der Waals surface area contributed by atoms with E-state index in [1.807, 2.05) is 18.2 Å². The van der Waals surface area contributed by atoms with Crippen molar-refractivity contribution >= 4 is 17.8 Å². The molecule has 0 aliphatic heterocycles. The van der Waals surface area contributed by atoms with Gasteiger partial charge in [0.05, 0.1) is 5.41 Å². The van der Waals surface area contributed by atoms with Gasteiger partial charge in [0, 0.05) is 22.2 Å². The Morgan fingerprint density at radius 3 is 1.67 bits per heavy atom. The van der Waals surface area contributed by atoms with Gasteiger partial charge in [-0.15, -0.1) is 0 Å². The van der Waals surface area contributed by atoms with Gasteiger partial charge in [-0.25, -0.2) is 0 Å². The molecule has 1 nitrogen and oxygen atoms in total. The highest BCUT2D eigenvalue weighted by molar-refractivity contribution is 5.88. The van der Waals surface area contributed by atoms with E-state index in [9.17, 15) is 0 Å². The van der Waals surface area contributed by atoms with Gasteiger partial charge in [-0.3, -0.25) is 0 Å². The first-order valence-corrected chi connectivity index (χ1v) is 20.3. The molecule has 1 aliphatic rings. The largest absolute Gasteiger partial charge is 0.359 e. The average molecular weight is 710 g/mol. The summed E-state index contributed by atoms with van der Waals surface area (Å²) in [6.07, 6.45) is 15.4. The molecule has 0 saturated heterocycles. The number of anilines is 1. The van der Waals surface area contributed by atoms with Gasteiger partial charge in [-0.05, 0) is 106 Å². The Balaban J connectivity index is 1.73. The summed E-state index contributed by atoms with van der Waals surface area (Å²) in [4.78, 5) is 0. The zero-order valence-electron chi connectivity index (χ0n) is 33.4. The van der Waals surface area contributed by atoms with E-state index in [-0.39, 0.29) is 10.8 Å². The lowest BCUT2D eigenvalue weighted by molar-refractivity contribution is 0.166. The Morgan fingerprint density at radius 1 is 0.611 bits per heavy atom. The van der Waals surface area contributed by atoms with E-state index in [1.165, 1.54) is 57.3 Å². The quantitative estimate of drug-likeness (QED) is 0.0930. The summed E-state index contributed by atoms with van der Waals surface area (Å²) in [7, 11) is 0. The first kappa shape index (κ1) is 38.6. The topological polar surface area (TPSA) is 12.0 Å². The molecule has 0 saturated carbocycles. The van der Waals surface area contributed by atoms with E-state index in [0.29, 0.717) is 0 Å². The normalized spacial score (nSPS) is 14.4. The van der Waals surface area contributed by atoms with Gasteiger partial charge in [-0.2, -0.15) is 0 Å². The van der Waals surface area contributed by atoms with Gasteiger partial charge in [0.2, 0.25) is 0 Å². The smallest absolute Gasteiger partial charge is 0.0714 e. The number of unbranched alkanes of at least 4 members (excludes halogenated alkanes) is 1. The van der Waals surface area contributed by atoms with Crippen LogP contribution in [0.3, 0.4) is 0 Å². The second-order valence-corrected chi connectivity index (χ2v) is 15.0. The van der Waals surface area contributed by atoms with E-state index in [4.69, 9.17) is 0 Å². The highest BCUT2D eigenvalue weighted by Gasteiger charge is 2.52. The van der Waals surface area contributed by atoms with Crippen molar-refractivity contribution in [3.05, 3.63) is 197 Å². The fraction of sp³-hybridized carbons (Fsp3) is 0.283. The van der Waals surface area contributed by atoms with Crippen molar-refractivity contribution in [2.24, 2.45) is 0 Å². The third-order valence-corrected chi connectivity index (χ3v) is 12.9. The summed E-state index contributed by atoms with van der Waals surface area (Å²) >= 11 is 0. The molecule has 0 fully saturated rings. The number of allylic oxidation sites excluding steroid dienone is 3. The summed E-state index contributed by atoms with van der Waals surface area (Å²) in [6.45, 7) is 24.0. The first-order chi connectivity index (χ1) is 26.4. The van der Waals surface area contributed by atoms with Crippen LogP contribution in [0.15, 0.2) is 153 Å². The number of hydrogen-bond donors (Lipinski definition) is 1. The van der Waals surface area contributed by atoms with E-state index in [1.54, 1.807) is 0 Å². The summed E-state index contributed by atoms with van der Waals surface area (Å²) in [5.41, 5.74) is 14.4. The van der Waals surface area contributed by atoms with Crippen molar-refractivity contribution in [3.63, 3.8) is 0 Å². The van der Waals surface area contributed by atoms with Crippen LogP contribution in [0.5, 0.6) is 0 Å². The van der Waals surface area contributed by atoms with E-state index in [2.05, 4.69) is 181 Å². The van der Waals surface area contributed by atoms with Gasteiger partial charge < -0.3 is 5.32 Å². The molecule has 276 valence electrons. The Hall–Kier alpha value is -5.14. The molecule has 1 unspecified atom stereocenters. The van der Waals surface area contributed by atoms with Crippen LogP contribution >= 0.6 is 0 Å². The zero-order valence-corrected chi connectivity index (χ0v) is 33.4. The molecule has 0 bridgehead atoms. The van der Waals surface area contributed by atoms with Crippen molar-refractivity contribution in [1.82, 2.24) is 0 Å². The van der Waals surface area contributed by atoms with Crippen molar-refractivity contribution < 1.29 is 0 Å². The van der Waals surface area contributed by atoms with E-state index in [0.717, 1.165) is 54.6 Å². The third kappa shape index (κ3) is 6.32. The maximum Gasteiger partial charge on any atom is 0.0714 e. The Labute approximate surface area is 326 Å². The number of hydrogen-bond acceptors (Lipinski definition) is 1. The number of rotatable bonds is 17. The fourth-order valence-corrected chi connectivity index (χ4v) is 10.0. The predicted octanol–water partition coefficient (Wildman–Crippen LogP) is 14.8.